The Bertz CT molecular complexity index is 507. The highest BCUT2D eigenvalue weighted by Crippen LogP contribution is 2.26. The topological polar surface area (TPSA) is 69.7 Å². The van der Waals surface area contributed by atoms with E-state index >= 15 is 0 Å². The quantitative estimate of drug-likeness (QED) is 0.795. The Labute approximate surface area is 151 Å². The minimum absolute atomic E-state index is 0.0244. The number of hydrogen-bond acceptors (Lipinski definition) is 3. The summed E-state index contributed by atoms with van der Waals surface area (Å²) in [5, 5.41) is 3.01. The summed E-state index contributed by atoms with van der Waals surface area (Å²) in [5.74, 6) is 0.286. The highest BCUT2D eigenvalue weighted by Gasteiger charge is 2.36. The average molecular weight is 351 g/mol. The molecule has 1 aliphatic carbocycles. The van der Waals surface area contributed by atoms with Crippen molar-refractivity contribution in [1.29, 1.82) is 0 Å². The number of likely N-dealkylation sites (tertiary alicyclic amines) is 1. The summed E-state index contributed by atoms with van der Waals surface area (Å²) in [4.78, 5) is 39.9. The first kappa shape index (κ1) is 19.7. The lowest BCUT2D eigenvalue weighted by Gasteiger charge is -2.32. The lowest BCUT2D eigenvalue weighted by molar-refractivity contribution is -0.133. The Kier molecular flexibility index (Phi) is 6.47. The average Bonchev–Trinajstić information content (AvgIpc) is 3.13. The monoisotopic (exact) mass is 351 g/mol. The number of nitrogens with one attached hydrogen (secondary N) is 1. The van der Waals surface area contributed by atoms with Gasteiger partial charge in [0.15, 0.2) is 0 Å². The van der Waals surface area contributed by atoms with Crippen LogP contribution in [0.1, 0.15) is 65.7 Å². The molecule has 0 bridgehead atoms. The molecule has 2 aliphatic rings. The van der Waals surface area contributed by atoms with Gasteiger partial charge in [0.25, 0.3) is 0 Å². The van der Waals surface area contributed by atoms with E-state index in [0.717, 1.165) is 12.8 Å². The third-order valence-corrected chi connectivity index (χ3v) is 5.26. The van der Waals surface area contributed by atoms with E-state index in [0.29, 0.717) is 25.6 Å². The van der Waals surface area contributed by atoms with Crippen molar-refractivity contribution in [2.24, 2.45) is 5.92 Å². The summed E-state index contributed by atoms with van der Waals surface area (Å²) >= 11 is 0. The Balaban J connectivity index is 1.71. The van der Waals surface area contributed by atoms with Crippen LogP contribution in [0.15, 0.2) is 0 Å². The zero-order valence-electron chi connectivity index (χ0n) is 16.1. The van der Waals surface area contributed by atoms with Crippen LogP contribution in [0.25, 0.3) is 0 Å². The summed E-state index contributed by atoms with van der Waals surface area (Å²) in [6.45, 7) is 7.37. The van der Waals surface area contributed by atoms with Crippen LogP contribution in [0.5, 0.6) is 0 Å². The number of carbonyl (C=O) groups is 3. The van der Waals surface area contributed by atoms with Crippen molar-refractivity contribution in [1.82, 2.24) is 15.1 Å². The lowest BCUT2D eigenvalue weighted by atomic mass is 10.1. The van der Waals surface area contributed by atoms with E-state index in [2.05, 4.69) is 5.32 Å². The second-order valence-corrected chi connectivity index (χ2v) is 8.57. The SMILES string of the molecule is CN(C[C@H]1CC(=O)N(C(C)(C)C)C1)C(=O)CCC(=O)NC1CCCC1. The molecule has 25 heavy (non-hydrogen) atoms. The van der Waals surface area contributed by atoms with E-state index in [1.807, 2.05) is 25.7 Å². The van der Waals surface area contributed by atoms with E-state index in [1.54, 1.807) is 11.9 Å². The van der Waals surface area contributed by atoms with Crippen LogP contribution in [-0.4, -0.2) is 59.2 Å². The Morgan fingerprint density at radius 2 is 1.84 bits per heavy atom. The summed E-state index contributed by atoms with van der Waals surface area (Å²) in [6.07, 6.45) is 5.45. The molecule has 142 valence electrons. The van der Waals surface area contributed by atoms with Crippen LogP contribution in [-0.2, 0) is 14.4 Å². The first-order valence-corrected chi connectivity index (χ1v) is 9.50. The van der Waals surface area contributed by atoms with E-state index in [-0.39, 0.29) is 42.0 Å². The van der Waals surface area contributed by atoms with E-state index in [4.69, 9.17) is 0 Å². The minimum Gasteiger partial charge on any atom is -0.353 e. The van der Waals surface area contributed by atoms with Gasteiger partial charge in [0.05, 0.1) is 0 Å². The Hall–Kier alpha value is -1.59. The maximum Gasteiger partial charge on any atom is 0.223 e. The van der Waals surface area contributed by atoms with Gasteiger partial charge in [0, 0.05) is 56.9 Å². The molecule has 0 aromatic rings. The predicted octanol–water partition coefficient (Wildman–Crippen LogP) is 1.93. The molecule has 1 aliphatic heterocycles. The van der Waals surface area contributed by atoms with Crippen LogP contribution in [0.4, 0.5) is 0 Å². The zero-order chi connectivity index (χ0) is 18.6. The molecule has 3 amide bonds. The fourth-order valence-electron chi connectivity index (χ4n) is 3.82. The van der Waals surface area contributed by atoms with E-state index in [1.165, 1.54) is 12.8 Å². The largest absolute Gasteiger partial charge is 0.353 e. The van der Waals surface area contributed by atoms with Crippen LogP contribution >= 0.6 is 0 Å². The van der Waals surface area contributed by atoms with Crippen LogP contribution in [0.3, 0.4) is 0 Å². The molecule has 0 unspecified atom stereocenters. The molecule has 1 heterocycles. The van der Waals surface area contributed by atoms with Crippen LogP contribution < -0.4 is 5.32 Å². The molecule has 1 atom stereocenters. The highest BCUT2D eigenvalue weighted by molar-refractivity contribution is 5.84. The molecule has 2 rings (SSSR count). The zero-order valence-corrected chi connectivity index (χ0v) is 16.1. The van der Waals surface area contributed by atoms with Crippen molar-refractivity contribution in [3.05, 3.63) is 0 Å². The van der Waals surface area contributed by atoms with Crippen molar-refractivity contribution in [2.75, 3.05) is 20.1 Å². The summed E-state index contributed by atoms with van der Waals surface area (Å²) in [5.41, 5.74) is -0.174. The lowest BCUT2D eigenvalue weighted by Crippen LogP contribution is -2.43. The van der Waals surface area contributed by atoms with Gasteiger partial charge in [-0.2, -0.15) is 0 Å². The predicted molar refractivity (Wildman–Crippen MR) is 96.8 cm³/mol. The molecule has 6 heteroatoms. The molecule has 1 saturated carbocycles. The van der Waals surface area contributed by atoms with Gasteiger partial charge in [-0.15, -0.1) is 0 Å². The van der Waals surface area contributed by atoms with Gasteiger partial charge in [-0.3, -0.25) is 14.4 Å². The van der Waals surface area contributed by atoms with Gasteiger partial charge in [0.2, 0.25) is 17.7 Å². The fourth-order valence-corrected chi connectivity index (χ4v) is 3.82. The number of amides is 3. The molecule has 1 N–H and O–H groups in total. The number of nitrogens with zero attached hydrogens (tertiary/aromatic N) is 2. The standard InChI is InChI=1S/C19H33N3O3/c1-19(2,3)22-13-14(11-18(22)25)12-21(4)17(24)10-9-16(23)20-15-7-5-6-8-15/h14-15H,5-13H2,1-4H3,(H,20,23)/t14-/m1/s1. The molecule has 0 radical (unpaired) electrons. The number of hydrogen-bond donors (Lipinski definition) is 1. The van der Waals surface area contributed by atoms with Gasteiger partial charge in [-0.25, -0.2) is 0 Å². The normalized spacial score (nSPS) is 21.7. The number of rotatable bonds is 6. The molecule has 0 aromatic carbocycles. The van der Waals surface area contributed by atoms with Crippen LogP contribution in [0, 0.1) is 5.92 Å². The smallest absolute Gasteiger partial charge is 0.223 e. The van der Waals surface area contributed by atoms with Gasteiger partial charge in [-0.1, -0.05) is 12.8 Å². The van der Waals surface area contributed by atoms with Crippen molar-refractivity contribution in [2.45, 2.75) is 77.3 Å². The maximum absolute atomic E-state index is 12.3. The number of carbonyl (C=O) groups excluding carboxylic acids is 3. The minimum atomic E-state index is -0.174. The van der Waals surface area contributed by atoms with Gasteiger partial charge in [-0.05, 0) is 33.6 Å². The molecule has 2 fully saturated rings. The van der Waals surface area contributed by atoms with E-state index < -0.39 is 0 Å². The molecule has 1 saturated heterocycles. The van der Waals surface area contributed by atoms with Crippen molar-refractivity contribution in [3.63, 3.8) is 0 Å². The molecular formula is C19H33N3O3. The first-order valence-electron chi connectivity index (χ1n) is 9.50. The van der Waals surface area contributed by atoms with E-state index in [9.17, 15) is 14.4 Å². The third-order valence-electron chi connectivity index (χ3n) is 5.26. The fraction of sp³-hybridized carbons (Fsp3) is 0.842. The summed E-state index contributed by atoms with van der Waals surface area (Å²) < 4.78 is 0. The third kappa shape index (κ3) is 5.72. The highest BCUT2D eigenvalue weighted by atomic mass is 16.2. The van der Waals surface area contributed by atoms with Gasteiger partial charge < -0.3 is 15.1 Å². The van der Waals surface area contributed by atoms with Crippen LogP contribution in [0.2, 0.25) is 0 Å². The van der Waals surface area contributed by atoms with Crippen molar-refractivity contribution >= 4 is 17.7 Å². The van der Waals surface area contributed by atoms with Crippen molar-refractivity contribution < 1.29 is 14.4 Å². The summed E-state index contributed by atoms with van der Waals surface area (Å²) in [7, 11) is 1.77. The molecule has 0 aromatic heterocycles. The van der Waals surface area contributed by atoms with Gasteiger partial charge >= 0.3 is 0 Å². The second kappa shape index (κ2) is 8.19. The Morgan fingerprint density at radius 3 is 2.40 bits per heavy atom. The molecule has 0 spiro atoms. The summed E-state index contributed by atoms with van der Waals surface area (Å²) in [6, 6.07) is 0.299. The molecule has 6 nitrogen and oxygen atoms in total. The molecular weight excluding hydrogens is 318 g/mol. The maximum atomic E-state index is 12.3. The van der Waals surface area contributed by atoms with Crippen molar-refractivity contribution in [3.8, 4) is 0 Å². The Morgan fingerprint density at radius 1 is 1.20 bits per heavy atom. The first-order chi connectivity index (χ1) is 11.7. The second-order valence-electron chi connectivity index (χ2n) is 8.57. The van der Waals surface area contributed by atoms with Gasteiger partial charge in [0.1, 0.15) is 0 Å².